The van der Waals surface area contributed by atoms with Crippen LogP contribution in [0.15, 0.2) is 48.5 Å². The lowest BCUT2D eigenvalue weighted by molar-refractivity contribution is -0.130. The first-order valence-corrected chi connectivity index (χ1v) is 7.96. The first-order valence-electron chi connectivity index (χ1n) is 7.96. The molecular formula is C19H21FN2O. The largest absolute Gasteiger partial charge is 0.368 e. The fourth-order valence-electron chi connectivity index (χ4n) is 2.97. The van der Waals surface area contributed by atoms with Crippen LogP contribution in [-0.4, -0.2) is 37.0 Å². The number of aryl methyl sites for hydroxylation is 1. The van der Waals surface area contributed by atoms with Crippen LogP contribution in [0.1, 0.15) is 11.1 Å². The van der Waals surface area contributed by atoms with Gasteiger partial charge in [-0.15, -0.1) is 0 Å². The van der Waals surface area contributed by atoms with Crippen molar-refractivity contribution in [1.29, 1.82) is 0 Å². The van der Waals surface area contributed by atoms with Gasteiger partial charge >= 0.3 is 0 Å². The predicted molar refractivity (Wildman–Crippen MR) is 90.1 cm³/mol. The van der Waals surface area contributed by atoms with Crippen molar-refractivity contribution in [1.82, 2.24) is 4.90 Å². The van der Waals surface area contributed by atoms with Crippen molar-refractivity contribution in [2.75, 3.05) is 31.1 Å². The van der Waals surface area contributed by atoms with Gasteiger partial charge in [0.1, 0.15) is 5.82 Å². The molecule has 1 aliphatic rings. The Kier molecular flexibility index (Phi) is 4.60. The number of amides is 1. The summed E-state index contributed by atoms with van der Waals surface area (Å²) in [5.74, 6) is -0.0567. The van der Waals surface area contributed by atoms with Gasteiger partial charge in [0.05, 0.1) is 6.42 Å². The molecule has 1 fully saturated rings. The molecular weight excluding hydrogens is 291 g/mol. The van der Waals surface area contributed by atoms with Crippen molar-refractivity contribution in [2.45, 2.75) is 13.3 Å². The molecule has 0 aliphatic carbocycles. The van der Waals surface area contributed by atoms with Crippen LogP contribution < -0.4 is 4.90 Å². The molecule has 0 aromatic heterocycles. The lowest BCUT2D eigenvalue weighted by Gasteiger charge is -2.36. The third-order valence-electron chi connectivity index (χ3n) is 4.41. The van der Waals surface area contributed by atoms with Gasteiger partial charge in [-0.05, 0) is 36.2 Å². The highest BCUT2D eigenvalue weighted by molar-refractivity contribution is 5.79. The number of carbonyl (C=O) groups is 1. The van der Waals surface area contributed by atoms with E-state index in [1.165, 1.54) is 6.07 Å². The molecule has 0 bridgehead atoms. The van der Waals surface area contributed by atoms with E-state index >= 15 is 0 Å². The summed E-state index contributed by atoms with van der Waals surface area (Å²) in [4.78, 5) is 16.5. The molecule has 0 unspecified atom stereocenters. The second kappa shape index (κ2) is 6.82. The second-order valence-corrected chi connectivity index (χ2v) is 5.95. The number of benzene rings is 2. The van der Waals surface area contributed by atoms with Crippen LogP contribution in [0.5, 0.6) is 0 Å². The molecule has 1 saturated heterocycles. The number of nitrogens with zero attached hydrogens (tertiary/aromatic N) is 2. The van der Waals surface area contributed by atoms with E-state index in [9.17, 15) is 9.18 Å². The zero-order valence-electron chi connectivity index (χ0n) is 13.3. The average Bonchev–Trinajstić information content (AvgIpc) is 2.57. The van der Waals surface area contributed by atoms with E-state index in [4.69, 9.17) is 0 Å². The number of anilines is 1. The molecule has 0 radical (unpaired) electrons. The Labute approximate surface area is 136 Å². The van der Waals surface area contributed by atoms with Crippen LogP contribution in [-0.2, 0) is 11.2 Å². The Hall–Kier alpha value is -2.36. The average molecular weight is 312 g/mol. The maximum Gasteiger partial charge on any atom is 0.227 e. The van der Waals surface area contributed by atoms with Crippen molar-refractivity contribution in [3.63, 3.8) is 0 Å². The number of hydrogen-bond acceptors (Lipinski definition) is 2. The van der Waals surface area contributed by atoms with E-state index in [2.05, 4.69) is 4.90 Å². The standard InChI is InChI=1S/C19H21FN2O/c1-15-5-2-3-6-16(15)13-19(23)22-11-9-21(10-12-22)18-8-4-7-17(20)14-18/h2-8,14H,9-13H2,1H3. The molecule has 0 saturated carbocycles. The molecule has 1 aliphatic heterocycles. The highest BCUT2D eigenvalue weighted by Crippen LogP contribution is 2.18. The van der Waals surface area contributed by atoms with Crippen LogP contribution in [0.2, 0.25) is 0 Å². The zero-order valence-corrected chi connectivity index (χ0v) is 13.3. The van der Waals surface area contributed by atoms with E-state index in [1.807, 2.05) is 42.2 Å². The molecule has 0 N–H and O–H groups in total. The normalized spacial score (nSPS) is 14.9. The van der Waals surface area contributed by atoms with Crippen LogP contribution in [0.25, 0.3) is 0 Å². The Bertz CT molecular complexity index is 693. The van der Waals surface area contributed by atoms with Crippen molar-refractivity contribution in [2.24, 2.45) is 0 Å². The smallest absolute Gasteiger partial charge is 0.227 e. The molecule has 3 rings (SSSR count). The Balaban J connectivity index is 1.58. The topological polar surface area (TPSA) is 23.6 Å². The monoisotopic (exact) mass is 312 g/mol. The molecule has 120 valence electrons. The van der Waals surface area contributed by atoms with Gasteiger partial charge in [0, 0.05) is 31.9 Å². The minimum absolute atomic E-state index is 0.165. The summed E-state index contributed by atoms with van der Waals surface area (Å²) in [5.41, 5.74) is 3.13. The first kappa shape index (κ1) is 15.5. The maximum absolute atomic E-state index is 13.3. The number of piperazine rings is 1. The lowest BCUT2D eigenvalue weighted by Crippen LogP contribution is -2.49. The zero-order chi connectivity index (χ0) is 16.2. The third kappa shape index (κ3) is 3.70. The Morgan fingerprint density at radius 3 is 2.48 bits per heavy atom. The van der Waals surface area contributed by atoms with Crippen molar-refractivity contribution in [3.05, 3.63) is 65.5 Å². The Morgan fingerprint density at radius 1 is 1.04 bits per heavy atom. The van der Waals surface area contributed by atoms with E-state index in [0.29, 0.717) is 19.5 Å². The van der Waals surface area contributed by atoms with Gasteiger partial charge in [-0.25, -0.2) is 4.39 Å². The van der Waals surface area contributed by atoms with E-state index in [1.54, 1.807) is 12.1 Å². The fourth-order valence-corrected chi connectivity index (χ4v) is 2.97. The maximum atomic E-state index is 13.3. The molecule has 4 heteroatoms. The molecule has 0 spiro atoms. The van der Waals surface area contributed by atoms with Gasteiger partial charge in [0.25, 0.3) is 0 Å². The fraction of sp³-hybridized carbons (Fsp3) is 0.316. The summed E-state index contributed by atoms with van der Waals surface area (Å²) in [7, 11) is 0. The van der Waals surface area contributed by atoms with Gasteiger partial charge < -0.3 is 9.80 Å². The summed E-state index contributed by atoms with van der Waals surface area (Å²) in [6.07, 6.45) is 0.451. The summed E-state index contributed by atoms with van der Waals surface area (Å²) in [6, 6.07) is 14.6. The summed E-state index contributed by atoms with van der Waals surface area (Å²) >= 11 is 0. The lowest BCUT2D eigenvalue weighted by atomic mass is 10.1. The number of carbonyl (C=O) groups excluding carboxylic acids is 1. The van der Waals surface area contributed by atoms with Gasteiger partial charge in [-0.3, -0.25) is 4.79 Å². The van der Waals surface area contributed by atoms with Crippen LogP contribution in [0, 0.1) is 12.7 Å². The SMILES string of the molecule is Cc1ccccc1CC(=O)N1CCN(c2cccc(F)c2)CC1. The molecule has 23 heavy (non-hydrogen) atoms. The number of rotatable bonds is 3. The van der Waals surface area contributed by atoms with Crippen LogP contribution in [0.3, 0.4) is 0 Å². The minimum atomic E-state index is -0.222. The molecule has 0 atom stereocenters. The van der Waals surface area contributed by atoms with Crippen LogP contribution in [0.4, 0.5) is 10.1 Å². The van der Waals surface area contributed by atoms with E-state index in [-0.39, 0.29) is 11.7 Å². The number of halogens is 1. The molecule has 2 aromatic carbocycles. The van der Waals surface area contributed by atoms with Crippen molar-refractivity contribution in [3.8, 4) is 0 Å². The van der Waals surface area contributed by atoms with Crippen molar-refractivity contribution < 1.29 is 9.18 Å². The second-order valence-electron chi connectivity index (χ2n) is 5.95. The molecule has 2 aromatic rings. The van der Waals surface area contributed by atoms with Crippen LogP contribution >= 0.6 is 0 Å². The van der Waals surface area contributed by atoms with E-state index < -0.39 is 0 Å². The predicted octanol–water partition coefficient (Wildman–Crippen LogP) is 3.03. The van der Waals surface area contributed by atoms with Gasteiger partial charge in [-0.1, -0.05) is 30.3 Å². The quantitative estimate of drug-likeness (QED) is 0.870. The molecule has 1 heterocycles. The summed E-state index contributed by atoms with van der Waals surface area (Å²) < 4.78 is 13.3. The summed E-state index contributed by atoms with van der Waals surface area (Å²) in [5, 5.41) is 0. The van der Waals surface area contributed by atoms with E-state index in [0.717, 1.165) is 29.9 Å². The van der Waals surface area contributed by atoms with Gasteiger partial charge in [-0.2, -0.15) is 0 Å². The first-order chi connectivity index (χ1) is 11.1. The highest BCUT2D eigenvalue weighted by atomic mass is 19.1. The third-order valence-corrected chi connectivity index (χ3v) is 4.41. The molecule has 3 nitrogen and oxygen atoms in total. The molecule has 1 amide bonds. The highest BCUT2D eigenvalue weighted by Gasteiger charge is 2.21. The minimum Gasteiger partial charge on any atom is -0.368 e. The van der Waals surface area contributed by atoms with Crippen molar-refractivity contribution >= 4 is 11.6 Å². The van der Waals surface area contributed by atoms with Gasteiger partial charge in [0.15, 0.2) is 0 Å². The summed E-state index contributed by atoms with van der Waals surface area (Å²) in [6.45, 7) is 4.87. The Morgan fingerprint density at radius 2 is 1.78 bits per heavy atom. The van der Waals surface area contributed by atoms with Gasteiger partial charge in [0.2, 0.25) is 5.91 Å². The number of hydrogen-bond donors (Lipinski definition) is 0.